The Balaban J connectivity index is 2.15. The molecule has 0 aromatic heterocycles. The van der Waals surface area contributed by atoms with Crippen molar-refractivity contribution in [2.24, 2.45) is 5.92 Å². The van der Waals surface area contributed by atoms with Crippen molar-refractivity contribution in [2.75, 3.05) is 20.3 Å². The molecular weight excluding hydrogens is 484 g/mol. The summed E-state index contributed by atoms with van der Waals surface area (Å²) in [5.41, 5.74) is 0.127. The second kappa shape index (κ2) is 16.8. The van der Waals surface area contributed by atoms with Gasteiger partial charge in [-0.2, -0.15) is 0 Å². The number of ether oxygens (including phenoxy) is 2. The van der Waals surface area contributed by atoms with Crippen molar-refractivity contribution in [2.45, 2.75) is 81.9 Å². The van der Waals surface area contributed by atoms with E-state index in [1.807, 2.05) is 36.4 Å². The lowest BCUT2D eigenvalue weighted by Crippen LogP contribution is -2.51. The summed E-state index contributed by atoms with van der Waals surface area (Å²) in [7, 11) is 1.52. The molecule has 0 spiro atoms. The molecule has 0 unspecified atom stereocenters. The van der Waals surface area contributed by atoms with Crippen LogP contribution in [0.3, 0.4) is 0 Å². The standard InChI is InChI=1S/C30H44N2O6/c1-4-6-7-11-17-27(35)38-28(23-15-9-8-10-16-23)25(21-37-3)31-29(36)24(14-5-2)20-26(34)32-30(22-33)18-12-13-19-30/h4-5,8-10,15-16,24-25,28,33H,1-2,6-7,11-14,17-22H2,3H3,(H,31,36)(H,32,34)/t24-,25+,28+/m1/s1. The quantitative estimate of drug-likeness (QED) is 0.150. The number of amides is 2. The van der Waals surface area contributed by atoms with Crippen molar-refractivity contribution >= 4 is 17.8 Å². The van der Waals surface area contributed by atoms with Gasteiger partial charge in [-0.3, -0.25) is 14.4 Å². The Kier molecular flexibility index (Phi) is 13.8. The van der Waals surface area contributed by atoms with E-state index in [0.29, 0.717) is 12.8 Å². The number of methoxy groups -OCH3 is 1. The monoisotopic (exact) mass is 528 g/mol. The van der Waals surface area contributed by atoms with Crippen molar-refractivity contribution < 1.29 is 29.0 Å². The third-order valence-electron chi connectivity index (χ3n) is 6.99. The van der Waals surface area contributed by atoms with Crippen LogP contribution in [0.5, 0.6) is 0 Å². The molecule has 8 nitrogen and oxygen atoms in total. The zero-order valence-electron chi connectivity index (χ0n) is 22.7. The Hall–Kier alpha value is -2.97. The lowest BCUT2D eigenvalue weighted by atomic mass is 9.95. The van der Waals surface area contributed by atoms with Crippen LogP contribution >= 0.6 is 0 Å². The number of rotatable bonds is 18. The minimum Gasteiger partial charge on any atom is -0.455 e. The summed E-state index contributed by atoms with van der Waals surface area (Å²) < 4.78 is 11.3. The molecule has 38 heavy (non-hydrogen) atoms. The molecule has 1 fully saturated rings. The topological polar surface area (TPSA) is 114 Å². The lowest BCUT2D eigenvalue weighted by Gasteiger charge is -2.30. The van der Waals surface area contributed by atoms with Crippen LogP contribution in [0.4, 0.5) is 0 Å². The smallest absolute Gasteiger partial charge is 0.306 e. The Morgan fingerprint density at radius 1 is 1.11 bits per heavy atom. The SMILES string of the molecule is C=CCCCCC(=O)O[C@@H](c1ccccc1)[C@H](COC)NC(=O)[C@H](CC=C)CC(=O)NC1(CO)CCCC1. The fraction of sp³-hybridized carbons (Fsp3) is 0.567. The molecule has 1 aromatic rings. The molecule has 3 atom stereocenters. The molecule has 0 radical (unpaired) electrons. The summed E-state index contributed by atoms with van der Waals surface area (Å²) in [4.78, 5) is 39.0. The molecule has 1 saturated carbocycles. The first-order valence-electron chi connectivity index (χ1n) is 13.6. The van der Waals surface area contributed by atoms with Gasteiger partial charge in [0.05, 0.1) is 30.7 Å². The van der Waals surface area contributed by atoms with Crippen molar-refractivity contribution in [3.05, 3.63) is 61.2 Å². The Morgan fingerprint density at radius 3 is 2.42 bits per heavy atom. The van der Waals surface area contributed by atoms with E-state index < -0.39 is 23.6 Å². The normalized spacial score (nSPS) is 16.6. The summed E-state index contributed by atoms with van der Waals surface area (Å²) in [6.45, 7) is 7.44. The van der Waals surface area contributed by atoms with E-state index in [2.05, 4.69) is 23.8 Å². The van der Waals surface area contributed by atoms with E-state index in [0.717, 1.165) is 44.1 Å². The predicted molar refractivity (Wildman–Crippen MR) is 147 cm³/mol. The Morgan fingerprint density at radius 2 is 1.82 bits per heavy atom. The number of aliphatic hydroxyl groups excluding tert-OH is 1. The maximum absolute atomic E-state index is 13.4. The van der Waals surface area contributed by atoms with Crippen LogP contribution in [0.15, 0.2) is 55.6 Å². The van der Waals surface area contributed by atoms with E-state index >= 15 is 0 Å². The summed E-state index contributed by atoms with van der Waals surface area (Å²) in [5.74, 6) is -1.66. The maximum Gasteiger partial charge on any atom is 0.306 e. The van der Waals surface area contributed by atoms with Crippen LogP contribution in [0.1, 0.15) is 75.9 Å². The fourth-order valence-corrected chi connectivity index (χ4v) is 4.90. The highest BCUT2D eigenvalue weighted by Gasteiger charge is 2.36. The van der Waals surface area contributed by atoms with Crippen LogP contribution in [-0.2, 0) is 23.9 Å². The average Bonchev–Trinajstić information content (AvgIpc) is 3.38. The van der Waals surface area contributed by atoms with Crippen LogP contribution in [-0.4, -0.2) is 54.8 Å². The summed E-state index contributed by atoms with van der Waals surface area (Å²) in [6.07, 6.45) is 8.87. The number of aliphatic hydroxyl groups is 1. The largest absolute Gasteiger partial charge is 0.455 e. The lowest BCUT2D eigenvalue weighted by molar-refractivity contribution is -0.153. The summed E-state index contributed by atoms with van der Waals surface area (Å²) in [5, 5.41) is 15.8. The minimum absolute atomic E-state index is 0.0433. The van der Waals surface area contributed by atoms with E-state index in [1.54, 1.807) is 6.08 Å². The zero-order chi connectivity index (χ0) is 27.8. The van der Waals surface area contributed by atoms with Crippen molar-refractivity contribution in [1.82, 2.24) is 10.6 Å². The molecule has 1 aromatic carbocycles. The molecule has 8 heteroatoms. The molecule has 3 N–H and O–H groups in total. The highest BCUT2D eigenvalue weighted by atomic mass is 16.5. The number of carbonyl (C=O) groups is 3. The number of hydrogen-bond donors (Lipinski definition) is 3. The summed E-state index contributed by atoms with van der Waals surface area (Å²) >= 11 is 0. The van der Waals surface area contributed by atoms with E-state index in [-0.39, 0.29) is 43.8 Å². The van der Waals surface area contributed by atoms with Gasteiger partial charge in [0.15, 0.2) is 0 Å². The van der Waals surface area contributed by atoms with Gasteiger partial charge in [-0.25, -0.2) is 0 Å². The van der Waals surface area contributed by atoms with Crippen molar-refractivity contribution in [1.29, 1.82) is 0 Å². The average molecular weight is 529 g/mol. The van der Waals surface area contributed by atoms with Crippen molar-refractivity contribution in [3.63, 3.8) is 0 Å². The number of esters is 1. The fourth-order valence-electron chi connectivity index (χ4n) is 4.90. The number of benzene rings is 1. The van der Waals surface area contributed by atoms with Gasteiger partial charge in [-0.05, 0) is 44.1 Å². The second-order valence-electron chi connectivity index (χ2n) is 10.0. The van der Waals surface area contributed by atoms with Gasteiger partial charge in [0.25, 0.3) is 0 Å². The molecule has 2 rings (SSSR count). The molecule has 1 aliphatic carbocycles. The molecule has 0 aliphatic heterocycles. The van der Waals surface area contributed by atoms with Crippen LogP contribution in [0.25, 0.3) is 0 Å². The first kappa shape index (κ1) is 31.2. The van der Waals surface area contributed by atoms with E-state index in [4.69, 9.17) is 9.47 Å². The van der Waals surface area contributed by atoms with Gasteiger partial charge in [-0.15, -0.1) is 13.2 Å². The second-order valence-corrected chi connectivity index (χ2v) is 10.0. The Labute approximate surface area is 226 Å². The molecule has 0 bridgehead atoms. The molecule has 210 valence electrons. The summed E-state index contributed by atoms with van der Waals surface area (Å²) in [6, 6.07) is 8.57. The van der Waals surface area contributed by atoms with Gasteiger partial charge in [0.1, 0.15) is 6.10 Å². The first-order chi connectivity index (χ1) is 18.4. The molecule has 0 saturated heterocycles. The van der Waals surface area contributed by atoms with Crippen LogP contribution in [0, 0.1) is 5.92 Å². The van der Waals surface area contributed by atoms with Crippen LogP contribution in [0.2, 0.25) is 0 Å². The number of unbranched alkanes of at least 4 members (excludes halogenated alkanes) is 2. The van der Waals surface area contributed by atoms with Gasteiger partial charge >= 0.3 is 5.97 Å². The minimum atomic E-state index is -0.763. The van der Waals surface area contributed by atoms with Gasteiger partial charge in [0, 0.05) is 20.0 Å². The number of hydrogen-bond acceptors (Lipinski definition) is 6. The number of allylic oxidation sites excluding steroid dienone is 2. The van der Waals surface area contributed by atoms with Gasteiger partial charge in [-0.1, -0.05) is 55.3 Å². The highest BCUT2D eigenvalue weighted by Crippen LogP contribution is 2.30. The van der Waals surface area contributed by atoms with Crippen LogP contribution < -0.4 is 10.6 Å². The molecular formula is C30H44N2O6. The van der Waals surface area contributed by atoms with E-state index in [1.165, 1.54) is 7.11 Å². The number of carbonyl (C=O) groups excluding carboxylic acids is 3. The zero-order valence-corrected chi connectivity index (χ0v) is 22.7. The van der Waals surface area contributed by atoms with Crippen molar-refractivity contribution in [3.8, 4) is 0 Å². The Bertz CT molecular complexity index is 897. The predicted octanol–water partition coefficient (Wildman–Crippen LogP) is 4.15. The van der Waals surface area contributed by atoms with Gasteiger partial charge < -0.3 is 25.2 Å². The molecule has 2 amide bonds. The maximum atomic E-state index is 13.4. The molecule has 0 heterocycles. The van der Waals surface area contributed by atoms with E-state index in [9.17, 15) is 19.5 Å². The third kappa shape index (κ3) is 10.1. The third-order valence-corrected chi connectivity index (χ3v) is 6.99. The number of nitrogens with one attached hydrogen (secondary N) is 2. The first-order valence-corrected chi connectivity index (χ1v) is 13.6. The van der Waals surface area contributed by atoms with Gasteiger partial charge in [0.2, 0.25) is 11.8 Å². The highest BCUT2D eigenvalue weighted by molar-refractivity contribution is 5.86. The molecule has 1 aliphatic rings.